The Morgan fingerprint density at radius 2 is 1.18 bits per heavy atom. The van der Waals surface area contributed by atoms with Crippen molar-refractivity contribution in [3.8, 4) is 0 Å². The molecule has 2 unspecified atom stereocenters. The molecule has 2 aliphatic heterocycles. The van der Waals surface area contributed by atoms with Crippen LogP contribution in [-0.4, -0.2) is 105 Å². The standard InChI is InChI=1S/C20H29F3N2O4.C16H20F3NO4.C4H9NO.ClH/c1-5-29-19(27)17(8-13(2)3)25-10-14(6-7-24-11-15(12-24)28-4)16(9-18(25)26)20(21,22)23;1-4-24-15(23)13(7-10(2)3)20-9-11(5-6-21)12(8-14(20)22)16(17,18)19;1-6-4-2-5-3-4;/h9-10,13,15,17H,5-8,11-12H2,1-4H3;6,8-10,13H,4-5,7H2,1-3H3;4-5H,2-3H2,1H3;1H. The van der Waals surface area contributed by atoms with E-state index in [0.717, 1.165) is 28.4 Å². The highest BCUT2D eigenvalue weighted by Gasteiger charge is 2.37. The zero-order chi connectivity index (χ0) is 44.7. The van der Waals surface area contributed by atoms with E-state index < -0.39 is 65.0 Å². The number of methoxy groups -OCH3 is 2. The van der Waals surface area contributed by atoms with Gasteiger partial charge in [0.25, 0.3) is 11.1 Å². The topological polar surface area (TPSA) is 147 Å². The van der Waals surface area contributed by atoms with Gasteiger partial charge in [-0.15, -0.1) is 12.4 Å². The highest BCUT2D eigenvalue weighted by atomic mass is 35.5. The third-order valence-corrected chi connectivity index (χ3v) is 9.45. The van der Waals surface area contributed by atoms with E-state index in [-0.39, 0.29) is 67.5 Å². The Kier molecular flexibility index (Phi) is 22.8. The van der Waals surface area contributed by atoms with Crippen molar-refractivity contribution in [1.29, 1.82) is 0 Å². The van der Waals surface area contributed by atoms with Gasteiger partial charge in [-0.2, -0.15) is 26.3 Å². The Morgan fingerprint density at radius 3 is 1.50 bits per heavy atom. The molecule has 60 heavy (non-hydrogen) atoms. The predicted molar refractivity (Wildman–Crippen MR) is 213 cm³/mol. The van der Waals surface area contributed by atoms with Crippen LogP contribution in [0.4, 0.5) is 26.3 Å². The number of aromatic nitrogens is 2. The first kappa shape index (κ1) is 54.2. The van der Waals surface area contributed by atoms with Gasteiger partial charge in [0.15, 0.2) is 0 Å². The van der Waals surface area contributed by atoms with Gasteiger partial charge >= 0.3 is 24.3 Å². The first-order valence-electron chi connectivity index (χ1n) is 19.5. The molecule has 0 spiro atoms. The van der Waals surface area contributed by atoms with E-state index in [9.17, 15) is 50.3 Å². The molecule has 20 heteroatoms. The van der Waals surface area contributed by atoms with Crippen molar-refractivity contribution in [1.82, 2.24) is 19.4 Å². The lowest BCUT2D eigenvalue weighted by Gasteiger charge is -2.38. The summed E-state index contributed by atoms with van der Waals surface area (Å²) in [5.74, 6) is -1.25. The van der Waals surface area contributed by atoms with E-state index in [1.54, 1.807) is 28.1 Å². The molecule has 0 amide bonds. The number of nitrogens with zero attached hydrogens (tertiary/aromatic N) is 3. The molecule has 4 rings (SSSR count). The first-order valence-corrected chi connectivity index (χ1v) is 19.5. The molecule has 13 nitrogen and oxygen atoms in total. The Bertz CT molecular complexity index is 1770. The molecule has 2 aliphatic rings. The van der Waals surface area contributed by atoms with Crippen molar-refractivity contribution in [2.75, 3.05) is 60.2 Å². The van der Waals surface area contributed by atoms with Crippen molar-refractivity contribution in [2.45, 2.75) is 104 Å². The van der Waals surface area contributed by atoms with Gasteiger partial charge in [0.2, 0.25) is 0 Å². The number of esters is 2. The second kappa shape index (κ2) is 25.2. The Morgan fingerprint density at radius 1 is 0.767 bits per heavy atom. The molecule has 0 saturated carbocycles. The number of pyridine rings is 2. The van der Waals surface area contributed by atoms with Gasteiger partial charge in [0, 0.05) is 77.9 Å². The zero-order valence-electron chi connectivity index (χ0n) is 35.3. The molecule has 2 aromatic heterocycles. The molecule has 1 N–H and O–H groups in total. The molecule has 0 aliphatic carbocycles. The number of hydrogen-bond donors (Lipinski definition) is 1. The van der Waals surface area contributed by atoms with E-state index >= 15 is 0 Å². The van der Waals surface area contributed by atoms with Crippen molar-refractivity contribution in [3.63, 3.8) is 0 Å². The molecule has 0 bridgehead atoms. The number of hydrogen-bond acceptors (Lipinski definition) is 11. The Balaban J connectivity index is 0.000000524. The van der Waals surface area contributed by atoms with E-state index in [4.69, 9.17) is 18.9 Å². The normalized spacial score (nSPS) is 15.6. The van der Waals surface area contributed by atoms with Crippen LogP contribution in [-0.2, 0) is 58.5 Å². The Hall–Kier alpha value is -3.78. The minimum absolute atomic E-state index is 0. The predicted octanol–water partition coefficient (Wildman–Crippen LogP) is 5.68. The van der Waals surface area contributed by atoms with Gasteiger partial charge < -0.3 is 38.2 Å². The van der Waals surface area contributed by atoms with E-state index in [1.165, 1.54) is 6.20 Å². The number of likely N-dealkylation sites (tertiary alicyclic amines) is 1. The van der Waals surface area contributed by atoms with Crippen molar-refractivity contribution in [3.05, 3.63) is 67.5 Å². The fourth-order valence-electron chi connectivity index (χ4n) is 6.23. The lowest BCUT2D eigenvalue weighted by atomic mass is 10.0. The summed E-state index contributed by atoms with van der Waals surface area (Å²) in [7, 11) is 3.34. The summed E-state index contributed by atoms with van der Waals surface area (Å²) in [6, 6.07) is -0.975. The minimum Gasteiger partial charge on any atom is -0.464 e. The van der Waals surface area contributed by atoms with Crippen LogP contribution in [0.15, 0.2) is 34.1 Å². The van der Waals surface area contributed by atoms with E-state index in [0.29, 0.717) is 50.6 Å². The monoisotopic (exact) mass is 888 g/mol. The summed E-state index contributed by atoms with van der Waals surface area (Å²) in [6.45, 7) is 14.6. The zero-order valence-corrected chi connectivity index (χ0v) is 36.1. The number of carbonyl (C=O) groups is 3. The summed E-state index contributed by atoms with van der Waals surface area (Å²) in [5.41, 5.74) is -4.29. The fourth-order valence-corrected chi connectivity index (χ4v) is 6.23. The number of carbonyl (C=O) groups excluding carboxylic acids is 3. The molecule has 4 heterocycles. The van der Waals surface area contributed by atoms with Crippen molar-refractivity contribution >= 4 is 30.6 Å². The largest absolute Gasteiger partial charge is 0.464 e. The highest BCUT2D eigenvalue weighted by molar-refractivity contribution is 5.85. The summed E-state index contributed by atoms with van der Waals surface area (Å²) in [4.78, 5) is 61.8. The molecular formula is C40H59ClF6N4O9. The molecule has 2 aromatic rings. The number of rotatable bonds is 17. The second-order valence-electron chi connectivity index (χ2n) is 15.0. The van der Waals surface area contributed by atoms with Crippen LogP contribution < -0.4 is 16.4 Å². The molecule has 2 atom stereocenters. The van der Waals surface area contributed by atoms with Crippen LogP contribution >= 0.6 is 12.4 Å². The maximum Gasteiger partial charge on any atom is 0.416 e. The molecule has 2 fully saturated rings. The first-order chi connectivity index (χ1) is 27.6. The van der Waals surface area contributed by atoms with Crippen LogP contribution in [0.1, 0.15) is 88.7 Å². The van der Waals surface area contributed by atoms with E-state index in [1.807, 2.05) is 32.6 Å². The van der Waals surface area contributed by atoms with Gasteiger partial charge in [-0.1, -0.05) is 27.7 Å². The summed E-state index contributed by atoms with van der Waals surface area (Å²) in [6.07, 6.45) is -6.23. The summed E-state index contributed by atoms with van der Waals surface area (Å²) in [5, 5.41) is 3.09. The average molecular weight is 889 g/mol. The number of halogens is 7. The molecule has 0 aromatic carbocycles. The minimum atomic E-state index is -4.76. The van der Waals surface area contributed by atoms with Gasteiger partial charge in [-0.25, -0.2) is 9.59 Å². The van der Waals surface area contributed by atoms with Gasteiger partial charge in [-0.3, -0.25) is 14.5 Å². The maximum absolute atomic E-state index is 13.5. The summed E-state index contributed by atoms with van der Waals surface area (Å²) >= 11 is 0. The number of aldehydes is 1. The van der Waals surface area contributed by atoms with Crippen LogP contribution in [0.2, 0.25) is 0 Å². The lowest BCUT2D eigenvalue weighted by molar-refractivity contribution is -0.148. The van der Waals surface area contributed by atoms with Crippen LogP contribution in [0, 0.1) is 11.8 Å². The molecule has 342 valence electrons. The van der Waals surface area contributed by atoms with Gasteiger partial charge in [-0.05, 0) is 56.1 Å². The van der Waals surface area contributed by atoms with Crippen LogP contribution in [0.5, 0.6) is 0 Å². The fraction of sp³-hybridized carbons (Fsp3) is 0.675. The molecule has 0 radical (unpaired) electrons. The molecular weight excluding hydrogens is 830 g/mol. The number of nitrogens with one attached hydrogen (secondary N) is 1. The van der Waals surface area contributed by atoms with E-state index in [2.05, 4.69) is 5.32 Å². The van der Waals surface area contributed by atoms with Crippen LogP contribution in [0.25, 0.3) is 0 Å². The number of alkyl halides is 6. The third kappa shape index (κ3) is 16.6. The third-order valence-electron chi connectivity index (χ3n) is 9.45. The second-order valence-corrected chi connectivity index (χ2v) is 15.0. The summed E-state index contributed by atoms with van der Waals surface area (Å²) < 4.78 is 102. The van der Waals surface area contributed by atoms with Gasteiger partial charge in [0.05, 0.1) is 36.5 Å². The average Bonchev–Trinajstić information content (AvgIpc) is 3.09. The SMILES string of the molecule is CCOC(=O)C(CC(C)C)n1cc(CC=O)c(C(F)(F)F)cc1=O.CCOC(=O)C(CC(C)C)n1cc(CCN2CC(OC)C2)c(C(F)(F)F)cc1=O.COC1CNC1.Cl. The highest BCUT2D eigenvalue weighted by Crippen LogP contribution is 2.33. The Labute approximate surface area is 352 Å². The van der Waals surface area contributed by atoms with Crippen LogP contribution in [0.3, 0.4) is 0 Å². The quantitative estimate of drug-likeness (QED) is 0.119. The smallest absolute Gasteiger partial charge is 0.416 e. The maximum atomic E-state index is 13.5. The van der Waals surface area contributed by atoms with Crippen molar-refractivity contribution < 1.29 is 59.7 Å². The molecule has 2 saturated heterocycles. The lowest BCUT2D eigenvalue weighted by Crippen LogP contribution is -2.52. The van der Waals surface area contributed by atoms with Crippen molar-refractivity contribution in [2.24, 2.45) is 11.8 Å². The number of ether oxygens (including phenoxy) is 4. The van der Waals surface area contributed by atoms with Gasteiger partial charge in [0.1, 0.15) is 18.4 Å².